The number of nitrogens with one attached hydrogen (secondary N) is 2. The van der Waals surface area contributed by atoms with Crippen LogP contribution in [0, 0.1) is 5.82 Å². The number of carbonyl (C=O) groups is 2. The van der Waals surface area contributed by atoms with E-state index in [2.05, 4.69) is 10.6 Å². The maximum atomic E-state index is 14.1. The van der Waals surface area contributed by atoms with Crippen molar-refractivity contribution in [2.45, 2.75) is 0 Å². The van der Waals surface area contributed by atoms with E-state index in [0.29, 0.717) is 49.1 Å². The van der Waals surface area contributed by atoms with Gasteiger partial charge < -0.3 is 29.7 Å². The molecule has 8 nitrogen and oxygen atoms in total. The third kappa shape index (κ3) is 4.40. The number of ether oxygens (including phenoxy) is 3. The van der Waals surface area contributed by atoms with Crippen molar-refractivity contribution in [1.29, 1.82) is 0 Å². The maximum Gasteiger partial charge on any atom is 0.255 e. The molecule has 0 spiro atoms. The van der Waals surface area contributed by atoms with Crippen LogP contribution >= 0.6 is 0 Å². The van der Waals surface area contributed by atoms with E-state index in [-0.39, 0.29) is 30.8 Å². The minimum Gasteiger partial charge on any atom is -0.454 e. The van der Waals surface area contributed by atoms with Crippen LogP contribution in [-0.4, -0.2) is 56.4 Å². The van der Waals surface area contributed by atoms with Gasteiger partial charge in [0.15, 0.2) is 11.5 Å². The molecule has 2 heterocycles. The molecule has 0 saturated carbocycles. The SMILES string of the molecule is O=C(Nc1ccc(F)c(NCC(=O)N2CCOCC2)c1)c1ccc2c(c1)OCO2. The van der Waals surface area contributed by atoms with Gasteiger partial charge in [0.1, 0.15) is 5.82 Å². The molecular weight excluding hydrogens is 381 g/mol. The lowest BCUT2D eigenvalue weighted by molar-refractivity contribution is -0.133. The number of benzene rings is 2. The van der Waals surface area contributed by atoms with Gasteiger partial charge in [0.2, 0.25) is 12.7 Å². The van der Waals surface area contributed by atoms with Crippen LogP contribution in [0.25, 0.3) is 0 Å². The zero-order valence-electron chi connectivity index (χ0n) is 15.6. The van der Waals surface area contributed by atoms with E-state index >= 15 is 0 Å². The predicted octanol–water partition coefficient (Wildman–Crippen LogP) is 2.08. The highest BCUT2D eigenvalue weighted by molar-refractivity contribution is 6.05. The molecule has 2 aromatic rings. The Morgan fingerprint density at radius 2 is 1.83 bits per heavy atom. The van der Waals surface area contributed by atoms with Crippen LogP contribution in [0.2, 0.25) is 0 Å². The minimum atomic E-state index is -0.513. The normalized spacial score (nSPS) is 15.1. The number of morpholine rings is 1. The number of rotatable bonds is 5. The zero-order valence-corrected chi connectivity index (χ0v) is 15.6. The van der Waals surface area contributed by atoms with Crippen LogP contribution in [0.4, 0.5) is 15.8 Å². The molecule has 0 atom stereocenters. The molecule has 4 rings (SSSR count). The van der Waals surface area contributed by atoms with E-state index < -0.39 is 5.82 Å². The Morgan fingerprint density at radius 1 is 1.03 bits per heavy atom. The van der Waals surface area contributed by atoms with Crippen molar-refractivity contribution in [3.8, 4) is 11.5 Å². The molecule has 2 aliphatic heterocycles. The van der Waals surface area contributed by atoms with Crippen molar-refractivity contribution in [3.63, 3.8) is 0 Å². The Bertz CT molecular complexity index is 930. The van der Waals surface area contributed by atoms with Crippen molar-refractivity contribution in [3.05, 3.63) is 47.8 Å². The predicted molar refractivity (Wildman–Crippen MR) is 103 cm³/mol. The van der Waals surface area contributed by atoms with Gasteiger partial charge in [-0.2, -0.15) is 0 Å². The van der Waals surface area contributed by atoms with Gasteiger partial charge in [-0.05, 0) is 36.4 Å². The van der Waals surface area contributed by atoms with Crippen LogP contribution in [0.5, 0.6) is 11.5 Å². The molecule has 1 saturated heterocycles. The number of anilines is 2. The highest BCUT2D eigenvalue weighted by atomic mass is 19.1. The largest absolute Gasteiger partial charge is 0.454 e. The van der Waals surface area contributed by atoms with E-state index in [1.165, 1.54) is 18.2 Å². The fourth-order valence-corrected chi connectivity index (χ4v) is 3.07. The van der Waals surface area contributed by atoms with E-state index in [1.807, 2.05) is 0 Å². The van der Waals surface area contributed by atoms with Gasteiger partial charge in [-0.15, -0.1) is 0 Å². The maximum absolute atomic E-state index is 14.1. The molecule has 2 amide bonds. The van der Waals surface area contributed by atoms with E-state index in [1.54, 1.807) is 23.1 Å². The molecular formula is C20H20FN3O5. The van der Waals surface area contributed by atoms with Gasteiger partial charge >= 0.3 is 0 Å². The molecule has 29 heavy (non-hydrogen) atoms. The molecule has 152 valence electrons. The highest BCUT2D eigenvalue weighted by Gasteiger charge is 2.18. The Morgan fingerprint density at radius 3 is 2.66 bits per heavy atom. The van der Waals surface area contributed by atoms with E-state index in [9.17, 15) is 14.0 Å². The minimum absolute atomic E-state index is 0.0452. The summed E-state index contributed by atoms with van der Waals surface area (Å²) in [4.78, 5) is 26.4. The Hall–Kier alpha value is -3.33. The van der Waals surface area contributed by atoms with Gasteiger partial charge in [0, 0.05) is 24.3 Å². The second-order valence-electron chi connectivity index (χ2n) is 6.56. The summed E-state index contributed by atoms with van der Waals surface area (Å²) < 4.78 is 29.8. The van der Waals surface area contributed by atoms with Gasteiger partial charge in [-0.3, -0.25) is 9.59 Å². The molecule has 0 aliphatic carbocycles. The number of hydrogen-bond acceptors (Lipinski definition) is 6. The topological polar surface area (TPSA) is 89.1 Å². The second-order valence-corrected chi connectivity index (χ2v) is 6.56. The van der Waals surface area contributed by atoms with E-state index in [0.717, 1.165) is 0 Å². The standard InChI is InChI=1S/C20H20FN3O5/c21-15-3-2-14(10-16(15)22-11-19(25)24-5-7-27-8-6-24)23-20(26)13-1-4-17-18(9-13)29-12-28-17/h1-4,9-10,22H,5-8,11-12H2,(H,23,26). The van der Waals surface area contributed by atoms with Crippen LogP contribution in [0.3, 0.4) is 0 Å². The summed E-state index contributed by atoms with van der Waals surface area (Å²) in [5, 5.41) is 5.52. The average molecular weight is 401 g/mol. The molecule has 1 fully saturated rings. The van der Waals surface area contributed by atoms with Gasteiger partial charge in [-0.1, -0.05) is 0 Å². The summed E-state index contributed by atoms with van der Waals surface area (Å²) in [5.74, 6) is 0.0640. The first-order chi connectivity index (χ1) is 14.1. The number of nitrogens with zero attached hydrogens (tertiary/aromatic N) is 1. The number of halogens is 1. The van der Waals surface area contributed by atoms with Gasteiger partial charge in [-0.25, -0.2) is 4.39 Å². The molecule has 0 bridgehead atoms. The Balaban J connectivity index is 1.39. The lowest BCUT2D eigenvalue weighted by atomic mass is 10.2. The Labute approximate surface area is 166 Å². The fraction of sp³-hybridized carbons (Fsp3) is 0.300. The first-order valence-corrected chi connectivity index (χ1v) is 9.20. The van der Waals surface area contributed by atoms with Gasteiger partial charge in [0.05, 0.1) is 25.4 Å². The summed E-state index contributed by atoms with van der Waals surface area (Å²) in [6.07, 6.45) is 0. The molecule has 0 radical (unpaired) electrons. The van der Waals surface area contributed by atoms with Crippen molar-refractivity contribution >= 4 is 23.2 Å². The molecule has 0 unspecified atom stereocenters. The molecule has 2 aliphatic rings. The molecule has 0 aromatic heterocycles. The zero-order chi connectivity index (χ0) is 20.2. The number of amides is 2. The lowest BCUT2D eigenvalue weighted by Crippen LogP contribution is -2.43. The summed E-state index contributed by atoms with van der Waals surface area (Å²) >= 11 is 0. The number of hydrogen-bond donors (Lipinski definition) is 2. The quantitative estimate of drug-likeness (QED) is 0.798. The first-order valence-electron chi connectivity index (χ1n) is 9.20. The van der Waals surface area contributed by atoms with Gasteiger partial charge in [0.25, 0.3) is 5.91 Å². The number of fused-ring (bicyclic) bond motifs is 1. The fourth-order valence-electron chi connectivity index (χ4n) is 3.07. The summed E-state index contributed by atoms with van der Waals surface area (Å²) in [7, 11) is 0. The third-order valence-electron chi connectivity index (χ3n) is 4.65. The van der Waals surface area contributed by atoms with Crippen molar-refractivity contribution in [2.24, 2.45) is 0 Å². The van der Waals surface area contributed by atoms with Crippen LogP contribution in [0.15, 0.2) is 36.4 Å². The number of carbonyl (C=O) groups excluding carboxylic acids is 2. The van der Waals surface area contributed by atoms with Crippen molar-refractivity contribution < 1.29 is 28.2 Å². The third-order valence-corrected chi connectivity index (χ3v) is 4.65. The van der Waals surface area contributed by atoms with Crippen molar-refractivity contribution in [1.82, 2.24) is 4.90 Å². The average Bonchev–Trinajstić information content (AvgIpc) is 3.22. The monoisotopic (exact) mass is 401 g/mol. The van der Waals surface area contributed by atoms with Crippen molar-refractivity contribution in [2.75, 3.05) is 50.3 Å². The van der Waals surface area contributed by atoms with E-state index in [4.69, 9.17) is 14.2 Å². The van der Waals surface area contributed by atoms with Crippen LogP contribution in [0.1, 0.15) is 10.4 Å². The Kier molecular flexibility index (Phi) is 5.48. The first kappa shape index (κ1) is 19.0. The van der Waals surface area contributed by atoms with Crippen LogP contribution in [-0.2, 0) is 9.53 Å². The smallest absolute Gasteiger partial charge is 0.255 e. The summed E-state index contributed by atoms with van der Waals surface area (Å²) in [6, 6.07) is 9.00. The summed E-state index contributed by atoms with van der Waals surface area (Å²) in [6.45, 7) is 2.12. The highest BCUT2D eigenvalue weighted by Crippen LogP contribution is 2.32. The summed E-state index contributed by atoms with van der Waals surface area (Å²) in [5.41, 5.74) is 0.918. The second kappa shape index (κ2) is 8.36. The molecule has 9 heteroatoms. The molecule has 2 N–H and O–H groups in total. The van der Waals surface area contributed by atoms with Crippen LogP contribution < -0.4 is 20.1 Å². The lowest BCUT2D eigenvalue weighted by Gasteiger charge is -2.27. The molecule has 2 aromatic carbocycles.